The van der Waals surface area contributed by atoms with Crippen LogP contribution in [0.5, 0.6) is 0 Å². The molecule has 2 bridgehead atoms. The third-order valence-corrected chi connectivity index (χ3v) is 5.30. The Morgan fingerprint density at radius 3 is 2.35 bits per heavy atom. The van der Waals surface area contributed by atoms with E-state index < -0.39 is 0 Å². The molecule has 3 unspecified atom stereocenters. The summed E-state index contributed by atoms with van der Waals surface area (Å²) in [5, 5.41) is 3.58. The molecule has 114 valence electrons. The van der Waals surface area contributed by atoms with Gasteiger partial charge < -0.3 is 5.32 Å². The van der Waals surface area contributed by atoms with E-state index in [0.717, 1.165) is 17.9 Å². The molecule has 2 heteroatoms. The zero-order valence-corrected chi connectivity index (χ0v) is 13.6. The highest BCUT2D eigenvalue weighted by Crippen LogP contribution is 2.38. The van der Waals surface area contributed by atoms with Crippen LogP contribution in [-0.2, 0) is 0 Å². The molecule has 0 aromatic rings. The van der Waals surface area contributed by atoms with Crippen LogP contribution in [0.1, 0.15) is 65.7 Å². The van der Waals surface area contributed by atoms with Gasteiger partial charge in [-0.1, -0.05) is 39.7 Å². The lowest BCUT2D eigenvalue weighted by molar-refractivity contribution is 0.399. The fourth-order valence-corrected chi connectivity index (χ4v) is 4.18. The van der Waals surface area contributed by atoms with E-state index in [-0.39, 0.29) is 0 Å². The predicted molar refractivity (Wildman–Crippen MR) is 88.2 cm³/mol. The summed E-state index contributed by atoms with van der Waals surface area (Å²) in [5.41, 5.74) is 2.53. The molecular weight excluding hydrogens is 244 g/mol. The first-order valence-corrected chi connectivity index (χ1v) is 8.71. The van der Waals surface area contributed by atoms with E-state index in [2.05, 4.69) is 18.8 Å². The summed E-state index contributed by atoms with van der Waals surface area (Å²) in [6.07, 6.45) is 9.45. The fourth-order valence-electron chi connectivity index (χ4n) is 4.18. The van der Waals surface area contributed by atoms with Crippen LogP contribution in [-0.4, -0.2) is 18.3 Å². The smallest absolute Gasteiger partial charge is 0.0362 e. The topological polar surface area (TPSA) is 24.4 Å². The molecule has 1 saturated heterocycles. The van der Waals surface area contributed by atoms with Gasteiger partial charge in [-0.15, -0.1) is 0 Å². The Bertz CT molecular complexity index is 352. The minimum absolute atomic E-state index is 0.672. The van der Waals surface area contributed by atoms with Gasteiger partial charge in [0, 0.05) is 29.3 Å². The molecule has 1 N–H and O–H groups in total. The lowest BCUT2D eigenvalue weighted by atomic mass is 9.87. The third kappa shape index (κ3) is 3.52. The van der Waals surface area contributed by atoms with Crippen molar-refractivity contribution in [2.45, 2.75) is 71.8 Å². The van der Waals surface area contributed by atoms with Gasteiger partial charge in [-0.25, -0.2) is 0 Å². The van der Waals surface area contributed by atoms with E-state index in [9.17, 15) is 0 Å². The number of fused-ring (bicyclic) bond motifs is 2. The Morgan fingerprint density at radius 1 is 1.10 bits per heavy atom. The average Bonchev–Trinajstić information content (AvgIpc) is 3.13. The SMILES string of the molecule is C=C(N=C(C)C1CC2CC1CN2)C1CCCCC1.CC. The van der Waals surface area contributed by atoms with Crippen molar-refractivity contribution >= 4 is 5.71 Å². The molecule has 2 aliphatic carbocycles. The molecule has 0 radical (unpaired) electrons. The van der Waals surface area contributed by atoms with Crippen LogP contribution in [0.2, 0.25) is 0 Å². The van der Waals surface area contributed by atoms with Gasteiger partial charge in [0.05, 0.1) is 0 Å². The first-order chi connectivity index (χ1) is 9.74. The zero-order valence-electron chi connectivity index (χ0n) is 13.6. The summed E-state index contributed by atoms with van der Waals surface area (Å²) < 4.78 is 0. The summed E-state index contributed by atoms with van der Waals surface area (Å²) in [6.45, 7) is 11.7. The molecule has 3 aliphatic rings. The van der Waals surface area contributed by atoms with Gasteiger partial charge in [0.2, 0.25) is 0 Å². The molecule has 0 aromatic heterocycles. The molecule has 20 heavy (non-hydrogen) atoms. The average molecular weight is 276 g/mol. The van der Waals surface area contributed by atoms with Crippen LogP contribution >= 0.6 is 0 Å². The minimum Gasteiger partial charge on any atom is -0.314 e. The van der Waals surface area contributed by atoms with Crippen molar-refractivity contribution in [2.75, 3.05) is 6.54 Å². The number of piperidine rings is 1. The minimum atomic E-state index is 0.672. The number of nitrogens with one attached hydrogen (secondary N) is 1. The number of nitrogens with zero attached hydrogens (tertiary/aromatic N) is 1. The second-order valence-electron chi connectivity index (χ2n) is 6.52. The predicted octanol–water partition coefficient (Wildman–Crippen LogP) is 4.57. The van der Waals surface area contributed by atoms with Gasteiger partial charge in [-0.2, -0.15) is 0 Å². The van der Waals surface area contributed by atoms with E-state index in [4.69, 9.17) is 4.99 Å². The highest BCUT2D eigenvalue weighted by Gasteiger charge is 2.40. The van der Waals surface area contributed by atoms with Gasteiger partial charge in [0.25, 0.3) is 0 Å². The Hall–Kier alpha value is -0.630. The van der Waals surface area contributed by atoms with Crippen LogP contribution in [0.25, 0.3) is 0 Å². The summed E-state index contributed by atoms with van der Waals surface area (Å²) in [5.74, 6) is 2.25. The monoisotopic (exact) mass is 276 g/mol. The van der Waals surface area contributed by atoms with Crippen molar-refractivity contribution in [3.8, 4) is 0 Å². The summed E-state index contributed by atoms with van der Waals surface area (Å²) in [7, 11) is 0. The molecule has 3 rings (SSSR count). The molecule has 0 aromatic carbocycles. The Labute approximate surface area is 125 Å². The van der Waals surface area contributed by atoms with Crippen molar-refractivity contribution < 1.29 is 0 Å². The first-order valence-electron chi connectivity index (χ1n) is 8.71. The Balaban J connectivity index is 0.000000704. The molecule has 0 spiro atoms. The number of aliphatic imine (C=N–C) groups is 1. The van der Waals surface area contributed by atoms with Crippen LogP contribution in [0.3, 0.4) is 0 Å². The number of hydrogen-bond acceptors (Lipinski definition) is 2. The van der Waals surface area contributed by atoms with Gasteiger partial charge in [0.15, 0.2) is 0 Å². The van der Waals surface area contributed by atoms with E-state index in [1.54, 1.807) is 0 Å². The van der Waals surface area contributed by atoms with Gasteiger partial charge in [-0.05, 0) is 45.1 Å². The lowest BCUT2D eigenvalue weighted by Crippen LogP contribution is -2.32. The van der Waals surface area contributed by atoms with E-state index in [0.29, 0.717) is 5.92 Å². The van der Waals surface area contributed by atoms with Crippen molar-refractivity contribution in [1.29, 1.82) is 0 Å². The zero-order chi connectivity index (χ0) is 14.5. The Morgan fingerprint density at radius 2 is 1.80 bits per heavy atom. The second-order valence-corrected chi connectivity index (χ2v) is 6.52. The van der Waals surface area contributed by atoms with Crippen molar-refractivity contribution in [3.05, 3.63) is 12.3 Å². The van der Waals surface area contributed by atoms with Crippen LogP contribution in [0, 0.1) is 17.8 Å². The number of hydrogen-bond donors (Lipinski definition) is 1. The van der Waals surface area contributed by atoms with Gasteiger partial charge in [-0.3, -0.25) is 4.99 Å². The maximum atomic E-state index is 4.90. The highest BCUT2D eigenvalue weighted by molar-refractivity contribution is 5.86. The largest absolute Gasteiger partial charge is 0.314 e. The van der Waals surface area contributed by atoms with E-state index >= 15 is 0 Å². The Kier molecular flexibility index (Phi) is 5.83. The summed E-state index contributed by atoms with van der Waals surface area (Å²) in [6, 6.07) is 0.771. The number of allylic oxidation sites excluding steroid dienone is 1. The van der Waals surface area contributed by atoms with E-state index in [1.165, 1.54) is 62.9 Å². The maximum absolute atomic E-state index is 4.90. The van der Waals surface area contributed by atoms with E-state index in [1.807, 2.05) is 13.8 Å². The highest BCUT2D eigenvalue weighted by atomic mass is 15.0. The molecule has 0 amide bonds. The summed E-state index contributed by atoms with van der Waals surface area (Å²) in [4.78, 5) is 4.90. The molecule has 2 saturated carbocycles. The fraction of sp³-hybridized carbons (Fsp3) is 0.833. The molecular formula is C18H32N2. The lowest BCUT2D eigenvalue weighted by Gasteiger charge is -2.25. The molecule has 3 fully saturated rings. The van der Waals surface area contributed by atoms with Crippen molar-refractivity contribution in [3.63, 3.8) is 0 Å². The molecule has 1 heterocycles. The van der Waals surface area contributed by atoms with Crippen LogP contribution in [0.4, 0.5) is 0 Å². The van der Waals surface area contributed by atoms with Crippen molar-refractivity contribution in [2.24, 2.45) is 22.7 Å². The van der Waals surface area contributed by atoms with Crippen LogP contribution in [0.15, 0.2) is 17.3 Å². The second kappa shape index (κ2) is 7.40. The van der Waals surface area contributed by atoms with Gasteiger partial charge >= 0.3 is 0 Å². The third-order valence-electron chi connectivity index (χ3n) is 5.30. The number of rotatable bonds is 3. The van der Waals surface area contributed by atoms with Crippen molar-refractivity contribution in [1.82, 2.24) is 5.32 Å². The molecule has 2 nitrogen and oxygen atoms in total. The standard InChI is InChI=1S/C16H26N2.C2H6/c1-11(13-6-4-3-5-7-13)18-12(2)16-9-15-8-14(16)10-17-15;1-2/h13-17H,1,3-10H2,2H3;1-2H3. The molecule has 3 atom stereocenters. The normalized spacial score (nSPS) is 33.8. The van der Waals surface area contributed by atoms with Crippen LogP contribution < -0.4 is 5.32 Å². The quantitative estimate of drug-likeness (QED) is 0.750. The van der Waals surface area contributed by atoms with Gasteiger partial charge in [0.1, 0.15) is 0 Å². The maximum Gasteiger partial charge on any atom is 0.0362 e. The molecule has 1 aliphatic heterocycles. The summed E-state index contributed by atoms with van der Waals surface area (Å²) >= 11 is 0. The first kappa shape index (κ1) is 15.8.